The maximum absolute atomic E-state index is 12.8. The lowest BCUT2D eigenvalue weighted by Crippen LogP contribution is -2.38. The number of nitrogen functional groups attached to an aromatic ring is 1. The van der Waals surface area contributed by atoms with Gasteiger partial charge in [-0.3, -0.25) is 24.5 Å². The fourth-order valence-corrected chi connectivity index (χ4v) is 3.55. The lowest BCUT2D eigenvalue weighted by atomic mass is 10.1. The molecule has 0 aliphatic carbocycles. The van der Waals surface area contributed by atoms with Gasteiger partial charge in [0.05, 0.1) is 18.1 Å². The highest BCUT2D eigenvalue weighted by Crippen LogP contribution is 2.26. The second-order valence-corrected chi connectivity index (χ2v) is 7.30. The first-order valence-electron chi connectivity index (χ1n) is 9.96. The maximum Gasteiger partial charge on any atom is 0.330 e. The molecule has 3 aromatic rings. The summed E-state index contributed by atoms with van der Waals surface area (Å²) in [5.41, 5.74) is 7.23. The standard InChI is InChI=1S/C22H25N5O5/c1-15-17(9-6-10-18(15)27(30)31)14-25(13-16-7-4-3-5-8-16)19-20(23)26(11-12-32-2)22(29)24-21(19)28/h3-10H,11-14,23H2,1-2H3,(H,24,28,29). The molecule has 3 rings (SSSR count). The van der Waals surface area contributed by atoms with Gasteiger partial charge in [-0.15, -0.1) is 0 Å². The third kappa shape index (κ3) is 4.86. The van der Waals surface area contributed by atoms with Crippen molar-refractivity contribution < 1.29 is 9.66 Å². The number of hydrogen-bond donors (Lipinski definition) is 2. The molecule has 0 aliphatic heterocycles. The van der Waals surface area contributed by atoms with Crippen LogP contribution in [0.3, 0.4) is 0 Å². The van der Waals surface area contributed by atoms with Gasteiger partial charge in [-0.2, -0.15) is 0 Å². The predicted molar refractivity (Wildman–Crippen MR) is 122 cm³/mol. The van der Waals surface area contributed by atoms with Gasteiger partial charge in [-0.1, -0.05) is 42.5 Å². The lowest BCUT2D eigenvalue weighted by molar-refractivity contribution is -0.385. The van der Waals surface area contributed by atoms with Crippen molar-refractivity contribution in [2.45, 2.75) is 26.6 Å². The zero-order chi connectivity index (χ0) is 23.3. The van der Waals surface area contributed by atoms with Crippen LogP contribution in [0.5, 0.6) is 0 Å². The Labute approximate surface area is 184 Å². The van der Waals surface area contributed by atoms with Gasteiger partial charge in [0.25, 0.3) is 11.2 Å². The van der Waals surface area contributed by atoms with E-state index in [4.69, 9.17) is 10.5 Å². The summed E-state index contributed by atoms with van der Waals surface area (Å²) < 4.78 is 6.29. The van der Waals surface area contributed by atoms with Crippen molar-refractivity contribution in [2.75, 3.05) is 24.4 Å². The lowest BCUT2D eigenvalue weighted by Gasteiger charge is -2.27. The van der Waals surface area contributed by atoms with Gasteiger partial charge in [0.15, 0.2) is 0 Å². The molecule has 0 unspecified atom stereocenters. The molecule has 0 amide bonds. The normalized spacial score (nSPS) is 10.8. The molecule has 0 saturated carbocycles. The summed E-state index contributed by atoms with van der Waals surface area (Å²) in [7, 11) is 1.50. The highest BCUT2D eigenvalue weighted by Gasteiger charge is 2.22. The van der Waals surface area contributed by atoms with Crippen molar-refractivity contribution in [3.8, 4) is 0 Å². The van der Waals surface area contributed by atoms with Crippen LogP contribution in [0.15, 0.2) is 58.1 Å². The van der Waals surface area contributed by atoms with Crippen LogP contribution in [0.2, 0.25) is 0 Å². The Hall–Kier alpha value is -3.92. The van der Waals surface area contributed by atoms with Gasteiger partial charge in [-0.25, -0.2) is 4.79 Å². The highest BCUT2D eigenvalue weighted by atomic mass is 16.6. The van der Waals surface area contributed by atoms with E-state index < -0.39 is 16.2 Å². The summed E-state index contributed by atoms with van der Waals surface area (Å²) in [5, 5.41) is 11.4. The average Bonchev–Trinajstić information content (AvgIpc) is 2.75. The average molecular weight is 439 g/mol. The predicted octanol–water partition coefficient (Wildman–Crippen LogP) is 2.19. The van der Waals surface area contributed by atoms with E-state index in [1.807, 2.05) is 30.3 Å². The molecule has 1 aromatic heterocycles. The molecule has 3 N–H and O–H groups in total. The number of H-pyrrole nitrogens is 1. The molecule has 0 aliphatic rings. The minimum atomic E-state index is -0.625. The van der Waals surface area contributed by atoms with Gasteiger partial charge >= 0.3 is 5.69 Å². The number of methoxy groups -OCH3 is 1. The van der Waals surface area contributed by atoms with E-state index in [0.717, 1.165) is 5.56 Å². The van der Waals surface area contributed by atoms with Crippen molar-refractivity contribution in [1.82, 2.24) is 9.55 Å². The number of ether oxygens (including phenoxy) is 1. The Bertz CT molecular complexity index is 1220. The molecule has 0 bridgehead atoms. The summed E-state index contributed by atoms with van der Waals surface area (Å²) in [6.45, 7) is 2.55. The van der Waals surface area contributed by atoms with Crippen LogP contribution < -0.4 is 21.9 Å². The first-order chi connectivity index (χ1) is 15.3. The van der Waals surface area contributed by atoms with Gasteiger partial charge < -0.3 is 15.4 Å². The van der Waals surface area contributed by atoms with Crippen LogP contribution in [0, 0.1) is 17.0 Å². The highest BCUT2D eigenvalue weighted by molar-refractivity contribution is 5.63. The van der Waals surface area contributed by atoms with E-state index in [0.29, 0.717) is 17.7 Å². The van der Waals surface area contributed by atoms with E-state index in [9.17, 15) is 19.7 Å². The second kappa shape index (κ2) is 9.92. The fraction of sp³-hybridized carbons (Fsp3) is 0.273. The van der Waals surface area contributed by atoms with Crippen LogP contribution in [0.25, 0.3) is 0 Å². The minimum Gasteiger partial charge on any atom is -0.383 e. The Morgan fingerprint density at radius 1 is 1.12 bits per heavy atom. The third-order valence-electron chi connectivity index (χ3n) is 5.24. The first kappa shape index (κ1) is 22.8. The minimum absolute atomic E-state index is 0.00546. The zero-order valence-corrected chi connectivity index (χ0v) is 17.9. The quantitative estimate of drug-likeness (QED) is 0.385. The molecule has 2 aromatic carbocycles. The molecule has 0 spiro atoms. The largest absolute Gasteiger partial charge is 0.383 e. The van der Waals surface area contributed by atoms with Gasteiger partial charge in [0.1, 0.15) is 11.5 Å². The van der Waals surface area contributed by atoms with Gasteiger partial charge in [-0.05, 0) is 18.1 Å². The number of nitro groups is 1. The number of nitrogens with two attached hydrogens (primary N) is 1. The van der Waals surface area contributed by atoms with Crippen LogP contribution in [-0.2, 0) is 24.4 Å². The molecule has 32 heavy (non-hydrogen) atoms. The molecular formula is C22H25N5O5. The van der Waals surface area contributed by atoms with Crippen molar-refractivity contribution in [3.63, 3.8) is 0 Å². The Morgan fingerprint density at radius 2 is 1.84 bits per heavy atom. The summed E-state index contributed by atoms with van der Waals surface area (Å²) >= 11 is 0. The van der Waals surface area contributed by atoms with Crippen molar-refractivity contribution in [1.29, 1.82) is 0 Å². The SMILES string of the molecule is COCCn1c(N)c(N(Cc2ccccc2)Cc2cccc([N+](=O)[O-])c2C)c(=O)[nH]c1=O. The third-order valence-corrected chi connectivity index (χ3v) is 5.24. The summed E-state index contributed by atoms with van der Waals surface area (Å²) in [5.74, 6) is 0.00909. The molecule has 0 atom stereocenters. The number of nitro benzene ring substituents is 1. The summed E-state index contributed by atoms with van der Waals surface area (Å²) in [4.78, 5) is 40.1. The van der Waals surface area contributed by atoms with E-state index in [2.05, 4.69) is 4.98 Å². The molecule has 0 saturated heterocycles. The number of nitrogens with one attached hydrogen (secondary N) is 1. The Balaban J connectivity index is 2.13. The summed E-state index contributed by atoms with van der Waals surface area (Å²) in [6, 6.07) is 14.2. The van der Waals surface area contributed by atoms with Crippen LogP contribution >= 0.6 is 0 Å². The van der Waals surface area contributed by atoms with Crippen LogP contribution in [0.4, 0.5) is 17.2 Å². The number of rotatable bonds is 9. The molecule has 10 heteroatoms. The van der Waals surface area contributed by atoms with E-state index in [1.165, 1.54) is 17.7 Å². The molecule has 0 fully saturated rings. The van der Waals surface area contributed by atoms with Crippen LogP contribution in [-0.4, -0.2) is 28.2 Å². The number of benzene rings is 2. The molecule has 0 radical (unpaired) electrons. The zero-order valence-electron chi connectivity index (χ0n) is 17.9. The van der Waals surface area contributed by atoms with E-state index in [1.54, 1.807) is 24.0 Å². The Morgan fingerprint density at radius 3 is 2.50 bits per heavy atom. The maximum atomic E-state index is 12.8. The number of nitrogens with zero attached hydrogens (tertiary/aromatic N) is 3. The smallest absolute Gasteiger partial charge is 0.330 e. The van der Waals surface area contributed by atoms with E-state index in [-0.39, 0.29) is 36.9 Å². The molecule has 10 nitrogen and oxygen atoms in total. The Kier molecular flexibility index (Phi) is 7.06. The number of hydrogen-bond acceptors (Lipinski definition) is 7. The number of anilines is 2. The van der Waals surface area contributed by atoms with Crippen LogP contribution in [0.1, 0.15) is 16.7 Å². The molecule has 1 heterocycles. The van der Waals surface area contributed by atoms with Crippen molar-refractivity contribution in [2.24, 2.45) is 0 Å². The first-order valence-corrected chi connectivity index (χ1v) is 9.96. The van der Waals surface area contributed by atoms with Crippen molar-refractivity contribution >= 4 is 17.2 Å². The van der Waals surface area contributed by atoms with E-state index >= 15 is 0 Å². The fourth-order valence-electron chi connectivity index (χ4n) is 3.55. The van der Waals surface area contributed by atoms with Gasteiger partial charge in [0.2, 0.25) is 0 Å². The topological polar surface area (TPSA) is 136 Å². The number of aromatic nitrogens is 2. The monoisotopic (exact) mass is 439 g/mol. The summed E-state index contributed by atoms with van der Waals surface area (Å²) in [6.07, 6.45) is 0. The van der Waals surface area contributed by atoms with Gasteiger partial charge in [0, 0.05) is 31.8 Å². The number of aromatic amines is 1. The second-order valence-electron chi connectivity index (χ2n) is 7.30. The molecular weight excluding hydrogens is 414 g/mol. The molecule has 168 valence electrons. The van der Waals surface area contributed by atoms with Crippen molar-refractivity contribution in [3.05, 3.63) is 96.2 Å².